The number of aryl methyl sites for hydroxylation is 1. The summed E-state index contributed by atoms with van der Waals surface area (Å²) in [5, 5.41) is 6.06. The average molecular weight is 279 g/mol. The Balaban J connectivity index is 2.72. The third-order valence-corrected chi connectivity index (χ3v) is 2.82. The lowest BCUT2D eigenvalue weighted by Crippen LogP contribution is -2.25. The van der Waals surface area contributed by atoms with Gasteiger partial charge >= 0.3 is 0 Å². The standard InChI is InChI=1S/C15H25N3O2/c1-4-7-13-10-12(11-14(18-13)16-5-2)15(19)17-8-6-9-20-3/h10-11H,4-9H2,1-3H3,(H,16,18)(H,17,19). The fourth-order valence-electron chi connectivity index (χ4n) is 1.90. The molecule has 0 fully saturated rings. The quantitative estimate of drug-likeness (QED) is 0.680. The van der Waals surface area contributed by atoms with Crippen molar-refractivity contribution < 1.29 is 9.53 Å². The molecule has 5 heteroatoms. The van der Waals surface area contributed by atoms with Crippen molar-refractivity contribution in [3.8, 4) is 0 Å². The number of hydrogen-bond acceptors (Lipinski definition) is 4. The number of carbonyl (C=O) groups is 1. The molecule has 0 aromatic carbocycles. The van der Waals surface area contributed by atoms with E-state index in [0.29, 0.717) is 18.7 Å². The van der Waals surface area contributed by atoms with E-state index in [9.17, 15) is 4.79 Å². The van der Waals surface area contributed by atoms with Gasteiger partial charge in [0.05, 0.1) is 0 Å². The van der Waals surface area contributed by atoms with Crippen LogP contribution in [0.3, 0.4) is 0 Å². The molecule has 0 saturated heterocycles. The van der Waals surface area contributed by atoms with Crippen LogP contribution in [0.2, 0.25) is 0 Å². The predicted octanol–water partition coefficient (Wildman–Crippen LogP) is 2.23. The van der Waals surface area contributed by atoms with Crippen molar-refractivity contribution in [3.63, 3.8) is 0 Å². The van der Waals surface area contributed by atoms with Crippen LogP contribution in [-0.2, 0) is 11.2 Å². The highest BCUT2D eigenvalue weighted by atomic mass is 16.5. The lowest BCUT2D eigenvalue weighted by Gasteiger charge is -2.10. The summed E-state index contributed by atoms with van der Waals surface area (Å²) < 4.78 is 4.96. The summed E-state index contributed by atoms with van der Waals surface area (Å²) in [5.41, 5.74) is 1.62. The number of anilines is 1. The summed E-state index contributed by atoms with van der Waals surface area (Å²) in [4.78, 5) is 16.6. The van der Waals surface area contributed by atoms with Gasteiger partial charge in [-0.15, -0.1) is 0 Å². The number of pyridine rings is 1. The second-order valence-electron chi connectivity index (χ2n) is 4.61. The van der Waals surface area contributed by atoms with Gasteiger partial charge in [-0.1, -0.05) is 13.3 Å². The van der Waals surface area contributed by atoms with Gasteiger partial charge in [0, 0.05) is 38.1 Å². The Hall–Kier alpha value is -1.62. The maximum absolute atomic E-state index is 12.1. The van der Waals surface area contributed by atoms with Crippen LogP contribution in [0, 0.1) is 0 Å². The van der Waals surface area contributed by atoms with E-state index in [4.69, 9.17) is 4.74 Å². The van der Waals surface area contributed by atoms with Gasteiger partial charge in [0.25, 0.3) is 5.91 Å². The number of nitrogens with one attached hydrogen (secondary N) is 2. The summed E-state index contributed by atoms with van der Waals surface area (Å²) in [5.74, 6) is 0.709. The van der Waals surface area contributed by atoms with Gasteiger partial charge in [0.1, 0.15) is 5.82 Å². The van der Waals surface area contributed by atoms with Gasteiger partial charge in [-0.05, 0) is 31.9 Å². The molecular weight excluding hydrogens is 254 g/mol. The zero-order chi connectivity index (χ0) is 14.8. The van der Waals surface area contributed by atoms with Gasteiger partial charge in [-0.25, -0.2) is 4.98 Å². The van der Waals surface area contributed by atoms with E-state index >= 15 is 0 Å². The van der Waals surface area contributed by atoms with Gasteiger partial charge in [0.15, 0.2) is 0 Å². The van der Waals surface area contributed by atoms with Crippen molar-refractivity contribution in [1.82, 2.24) is 10.3 Å². The van der Waals surface area contributed by atoms with E-state index in [1.807, 2.05) is 13.0 Å². The Morgan fingerprint density at radius 1 is 1.35 bits per heavy atom. The molecule has 1 heterocycles. The molecule has 0 spiro atoms. The van der Waals surface area contributed by atoms with Crippen LogP contribution in [0.25, 0.3) is 0 Å². The molecule has 1 aromatic heterocycles. The number of ether oxygens (including phenoxy) is 1. The summed E-state index contributed by atoms with van der Waals surface area (Å²) in [6.45, 7) is 6.18. The molecule has 20 heavy (non-hydrogen) atoms. The van der Waals surface area contributed by atoms with Gasteiger partial charge < -0.3 is 15.4 Å². The lowest BCUT2D eigenvalue weighted by atomic mass is 10.1. The molecule has 0 aliphatic heterocycles. The first-order chi connectivity index (χ1) is 9.71. The highest BCUT2D eigenvalue weighted by Crippen LogP contribution is 2.12. The molecule has 0 saturated carbocycles. The number of nitrogens with zero attached hydrogens (tertiary/aromatic N) is 1. The first-order valence-corrected chi connectivity index (χ1v) is 7.23. The fraction of sp³-hybridized carbons (Fsp3) is 0.600. The number of carbonyl (C=O) groups excluding carboxylic acids is 1. The van der Waals surface area contributed by atoms with Crippen LogP contribution in [0.5, 0.6) is 0 Å². The molecule has 1 amide bonds. The van der Waals surface area contributed by atoms with Crippen molar-refractivity contribution in [2.24, 2.45) is 0 Å². The summed E-state index contributed by atoms with van der Waals surface area (Å²) in [6, 6.07) is 3.67. The van der Waals surface area contributed by atoms with Crippen molar-refractivity contribution in [2.75, 3.05) is 32.1 Å². The molecule has 0 atom stereocenters. The maximum atomic E-state index is 12.1. The third kappa shape index (κ3) is 5.57. The van der Waals surface area contributed by atoms with Crippen LogP contribution in [0.1, 0.15) is 42.7 Å². The summed E-state index contributed by atoms with van der Waals surface area (Å²) in [7, 11) is 1.66. The van der Waals surface area contributed by atoms with Crippen molar-refractivity contribution in [1.29, 1.82) is 0 Å². The smallest absolute Gasteiger partial charge is 0.251 e. The normalized spacial score (nSPS) is 10.3. The Bertz CT molecular complexity index is 397. The number of hydrogen-bond donors (Lipinski definition) is 2. The highest BCUT2D eigenvalue weighted by Gasteiger charge is 2.09. The van der Waals surface area contributed by atoms with Crippen LogP contribution in [0.15, 0.2) is 12.1 Å². The minimum absolute atomic E-state index is 0.0555. The maximum Gasteiger partial charge on any atom is 0.251 e. The largest absolute Gasteiger partial charge is 0.385 e. The fourth-order valence-corrected chi connectivity index (χ4v) is 1.90. The van der Waals surface area contributed by atoms with Gasteiger partial charge in [-0.2, -0.15) is 0 Å². The van der Waals surface area contributed by atoms with Crippen LogP contribution >= 0.6 is 0 Å². The van der Waals surface area contributed by atoms with Crippen molar-refractivity contribution >= 4 is 11.7 Å². The second kappa shape index (κ2) is 9.31. The topological polar surface area (TPSA) is 63.2 Å². The molecule has 0 radical (unpaired) electrons. The van der Waals surface area contributed by atoms with E-state index in [2.05, 4.69) is 22.5 Å². The highest BCUT2D eigenvalue weighted by molar-refractivity contribution is 5.95. The third-order valence-electron chi connectivity index (χ3n) is 2.82. The monoisotopic (exact) mass is 279 g/mol. The van der Waals surface area contributed by atoms with Gasteiger partial charge in [0.2, 0.25) is 0 Å². The molecule has 0 bridgehead atoms. The number of rotatable bonds is 9. The minimum atomic E-state index is -0.0555. The SMILES string of the molecule is CCCc1cc(C(=O)NCCCOC)cc(NCC)n1. The van der Waals surface area contributed by atoms with Crippen molar-refractivity contribution in [3.05, 3.63) is 23.4 Å². The molecule has 0 aliphatic carbocycles. The molecule has 1 aromatic rings. The van der Waals surface area contributed by atoms with Crippen LogP contribution in [0.4, 0.5) is 5.82 Å². The minimum Gasteiger partial charge on any atom is -0.385 e. The molecule has 2 N–H and O–H groups in total. The Morgan fingerprint density at radius 2 is 2.15 bits per heavy atom. The Kier molecular flexibility index (Phi) is 7.65. The molecule has 1 rings (SSSR count). The Labute approximate surface area is 121 Å². The molecule has 5 nitrogen and oxygen atoms in total. The zero-order valence-electron chi connectivity index (χ0n) is 12.7. The first kappa shape index (κ1) is 16.4. The van der Waals surface area contributed by atoms with Crippen LogP contribution in [-0.4, -0.2) is 37.7 Å². The first-order valence-electron chi connectivity index (χ1n) is 7.23. The number of aromatic nitrogens is 1. The van der Waals surface area contributed by atoms with Gasteiger partial charge in [-0.3, -0.25) is 4.79 Å². The van der Waals surface area contributed by atoms with Crippen LogP contribution < -0.4 is 10.6 Å². The number of amides is 1. The van der Waals surface area contributed by atoms with Crippen molar-refractivity contribution in [2.45, 2.75) is 33.1 Å². The van der Waals surface area contributed by atoms with E-state index in [1.54, 1.807) is 13.2 Å². The van der Waals surface area contributed by atoms with E-state index in [1.165, 1.54) is 0 Å². The lowest BCUT2D eigenvalue weighted by molar-refractivity contribution is 0.0948. The average Bonchev–Trinajstić information content (AvgIpc) is 2.44. The summed E-state index contributed by atoms with van der Waals surface area (Å²) >= 11 is 0. The van der Waals surface area contributed by atoms with E-state index in [0.717, 1.165) is 37.3 Å². The molecular formula is C15H25N3O2. The second-order valence-corrected chi connectivity index (χ2v) is 4.61. The molecule has 112 valence electrons. The number of methoxy groups -OCH3 is 1. The van der Waals surface area contributed by atoms with E-state index < -0.39 is 0 Å². The predicted molar refractivity (Wildman–Crippen MR) is 81.2 cm³/mol. The molecule has 0 aliphatic rings. The summed E-state index contributed by atoms with van der Waals surface area (Å²) in [6.07, 6.45) is 2.70. The Morgan fingerprint density at radius 3 is 2.80 bits per heavy atom. The molecule has 0 unspecified atom stereocenters. The van der Waals surface area contributed by atoms with E-state index in [-0.39, 0.29) is 5.91 Å². The zero-order valence-corrected chi connectivity index (χ0v) is 12.7.